The Bertz CT molecular complexity index is 341. The molecule has 1 heterocycles. The minimum absolute atomic E-state index is 0.455. The van der Waals surface area contributed by atoms with Crippen molar-refractivity contribution in [2.75, 3.05) is 11.5 Å². The van der Waals surface area contributed by atoms with E-state index in [-0.39, 0.29) is 0 Å². The summed E-state index contributed by atoms with van der Waals surface area (Å²) in [6.45, 7) is 0. The fraction of sp³-hybridized carbons (Fsp3) is 0.111. The van der Waals surface area contributed by atoms with Gasteiger partial charge in [-0.2, -0.15) is 0 Å². The molecule has 1 aromatic carbocycles. The zero-order chi connectivity index (χ0) is 9.26. The van der Waals surface area contributed by atoms with Crippen molar-refractivity contribution < 1.29 is 9.47 Å². The summed E-state index contributed by atoms with van der Waals surface area (Å²) < 4.78 is 10.3. The van der Waals surface area contributed by atoms with E-state index in [2.05, 4.69) is 0 Å². The SMILES string of the molecule is Nc1cccc(C2OC=CO2)c1N. The van der Waals surface area contributed by atoms with Crippen LogP contribution in [-0.2, 0) is 9.47 Å². The van der Waals surface area contributed by atoms with E-state index in [9.17, 15) is 0 Å². The molecule has 0 radical (unpaired) electrons. The summed E-state index contributed by atoms with van der Waals surface area (Å²) in [6.07, 6.45) is 2.50. The average Bonchev–Trinajstić information content (AvgIpc) is 2.62. The van der Waals surface area contributed by atoms with Crippen molar-refractivity contribution in [1.29, 1.82) is 0 Å². The molecule has 4 nitrogen and oxygen atoms in total. The van der Waals surface area contributed by atoms with Gasteiger partial charge in [-0.05, 0) is 12.1 Å². The van der Waals surface area contributed by atoms with Gasteiger partial charge in [0.1, 0.15) is 12.5 Å². The molecular weight excluding hydrogens is 168 g/mol. The van der Waals surface area contributed by atoms with E-state index in [1.165, 1.54) is 12.5 Å². The number of anilines is 2. The highest BCUT2D eigenvalue weighted by Gasteiger charge is 2.18. The fourth-order valence-electron chi connectivity index (χ4n) is 1.19. The molecular formula is C9H10N2O2. The maximum atomic E-state index is 5.75. The van der Waals surface area contributed by atoms with Crippen molar-refractivity contribution in [3.8, 4) is 0 Å². The largest absolute Gasteiger partial charge is 0.455 e. The summed E-state index contributed by atoms with van der Waals surface area (Å²) in [4.78, 5) is 0. The molecule has 68 valence electrons. The van der Waals surface area contributed by atoms with Gasteiger partial charge in [0.15, 0.2) is 0 Å². The summed E-state index contributed by atoms with van der Waals surface area (Å²) >= 11 is 0. The maximum absolute atomic E-state index is 5.75. The lowest BCUT2D eigenvalue weighted by Gasteiger charge is -2.13. The molecule has 0 atom stereocenters. The van der Waals surface area contributed by atoms with Crippen LogP contribution in [0.15, 0.2) is 30.7 Å². The molecule has 4 N–H and O–H groups in total. The first-order valence-corrected chi connectivity index (χ1v) is 3.89. The van der Waals surface area contributed by atoms with Crippen molar-refractivity contribution >= 4 is 11.4 Å². The van der Waals surface area contributed by atoms with Crippen molar-refractivity contribution in [1.82, 2.24) is 0 Å². The van der Waals surface area contributed by atoms with Gasteiger partial charge < -0.3 is 20.9 Å². The molecule has 0 aliphatic carbocycles. The second kappa shape index (κ2) is 2.90. The van der Waals surface area contributed by atoms with Crippen LogP contribution in [0.1, 0.15) is 11.9 Å². The number of ether oxygens (including phenoxy) is 2. The summed E-state index contributed by atoms with van der Waals surface area (Å²) in [6, 6.07) is 5.37. The molecule has 13 heavy (non-hydrogen) atoms. The number of para-hydroxylation sites is 1. The van der Waals surface area contributed by atoms with E-state index in [0.29, 0.717) is 11.4 Å². The van der Waals surface area contributed by atoms with Crippen molar-refractivity contribution in [3.63, 3.8) is 0 Å². The van der Waals surface area contributed by atoms with Gasteiger partial charge in [0.05, 0.1) is 16.9 Å². The predicted molar refractivity (Wildman–Crippen MR) is 49.3 cm³/mol. The van der Waals surface area contributed by atoms with E-state index in [4.69, 9.17) is 20.9 Å². The van der Waals surface area contributed by atoms with Gasteiger partial charge in [-0.1, -0.05) is 6.07 Å². The van der Waals surface area contributed by atoms with Gasteiger partial charge in [-0.25, -0.2) is 0 Å². The summed E-state index contributed by atoms with van der Waals surface area (Å²) in [5.41, 5.74) is 13.2. The molecule has 0 fully saturated rings. The highest BCUT2D eigenvalue weighted by atomic mass is 16.7. The lowest BCUT2D eigenvalue weighted by molar-refractivity contribution is -0.0239. The van der Waals surface area contributed by atoms with E-state index in [1.54, 1.807) is 6.07 Å². The third kappa shape index (κ3) is 1.26. The lowest BCUT2D eigenvalue weighted by atomic mass is 10.1. The molecule has 1 aliphatic rings. The highest BCUT2D eigenvalue weighted by molar-refractivity contribution is 5.67. The molecule has 0 bridgehead atoms. The Hall–Kier alpha value is -1.84. The van der Waals surface area contributed by atoms with Gasteiger partial charge in [-0.15, -0.1) is 0 Å². The minimum Gasteiger partial charge on any atom is -0.455 e. The zero-order valence-electron chi connectivity index (χ0n) is 6.94. The van der Waals surface area contributed by atoms with E-state index < -0.39 is 6.29 Å². The maximum Gasteiger partial charge on any atom is 0.268 e. The molecule has 0 amide bonds. The third-order valence-corrected chi connectivity index (χ3v) is 1.89. The van der Waals surface area contributed by atoms with Crippen LogP contribution in [0.25, 0.3) is 0 Å². The van der Waals surface area contributed by atoms with Crippen LogP contribution in [0.4, 0.5) is 11.4 Å². The molecule has 0 saturated heterocycles. The Morgan fingerprint density at radius 3 is 2.46 bits per heavy atom. The van der Waals surface area contributed by atoms with Crippen LogP contribution in [0.5, 0.6) is 0 Å². The molecule has 1 aromatic rings. The highest BCUT2D eigenvalue weighted by Crippen LogP contribution is 2.31. The van der Waals surface area contributed by atoms with Crippen molar-refractivity contribution in [2.24, 2.45) is 0 Å². The lowest BCUT2D eigenvalue weighted by Crippen LogP contribution is -2.05. The van der Waals surface area contributed by atoms with Crippen LogP contribution >= 0.6 is 0 Å². The molecule has 0 unspecified atom stereocenters. The second-order valence-corrected chi connectivity index (χ2v) is 2.73. The van der Waals surface area contributed by atoms with Crippen LogP contribution < -0.4 is 11.5 Å². The Labute approximate surface area is 75.7 Å². The van der Waals surface area contributed by atoms with E-state index >= 15 is 0 Å². The van der Waals surface area contributed by atoms with Crippen LogP contribution in [0.2, 0.25) is 0 Å². The molecule has 0 aromatic heterocycles. The van der Waals surface area contributed by atoms with Gasteiger partial charge in [0, 0.05) is 0 Å². The molecule has 1 aliphatic heterocycles. The standard InChI is InChI=1S/C9H10N2O2/c10-7-3-1-2-6(8(7)11)9-12-4-5-13-9/h1-5,9H,10-11H2. The molecule has 4 heteroatoms. The number of rotatable bonds is 1. The Morgan fingerprint density at radius 2 is 1.77 bits per heavy atom. The second-order valence-electron chi connectivity index (χ2n) is 2.73. The van der Waals surface area contributed by atoms with Crippen LogP contribution in [0.3, 0.4) is 0 Å². The average molecular weight is 178 g/mol. The molecule has 0 spiro atoms. The number of nitrogen functional groups attached to an aromatic ring is 2. The quantitative estimate of drug-likeness (QED) is 0.637. The minimum atomic E-state index is -0.455. The monoisotopic (exact) mass is 178 g/mol. The van der Waals surface area contributed by atoms with Gasteiger partial charge in [0.25, 0.3) is 6.29 Å². The van der Waals surface area contributed by atoms with Gasteiger partial charge >= 0.3 is 0 Å². The molecule has 0 saturated carbocycles. The topological polar surface area (TPSA) is 70.5 Å². The van der Waals surface area contributed by atoms with Crippen molar-refractivity contribution in [3.05, 3.63) is 36.3 Å². The predicted octanol–water partition coefficient (Wildman–Crippen LogP) is 1.37. The zero-order valence-corrected chi connectivity index (χ0v) is 6.94. The fourth-order valence-corrected chi connectivity index (χ4v) is 1.19. The van der Waals surface area contributed by atoms with E-state index in [1.807, 2.05) is 12.1 Å². The Morgan fingerprint density at radius 1 is 1.08 bits per heavy atom. The summed E-state index contributed by atoms with van der Waals surface area (Å²) in [7, 11) is 0. The van der Waals surface area contributed by atoms with Crippen LogP contribution in [0, 0.1) is 0 Å². The first-order chi connectivity index (χ1) is 6.29. The summed E-state index contributed by atoms with van der Waals surface area (Å²) in [5, 5.41) is 0. The number of nitrogens with two attached hydrogens (primary N) is 2. The first-order valence-electron chi connectivity index (χ1n) is 3.89. The Kier molecular flexibility index (Phi) is 1.73. The van der Waals surface area contributed by atoms with Crippen molar-refractivity contribution in [2.45, 2.75) is 6.29 Å². The van der Waals surface area contributed by atoms with Crippen LogP contribution in [-0.4, -0.2) is 0 Å². The van der Waals surface area contributed by atoms with E-state index in [0.717, 1.165) is 5.56 Å². The molecule has 2 rings (SSSR count). The first kappa shape index (κ1) is 7.79. The van der Waals surface area contributed by atoms with Gasteiger partial charge in [0.2, 0.25) is 0 Å². The number of hydrogen-bond donors (Lipinski definition) is 2. The van der Waals surface area contributed by atoms with Gasteiger partial charge in [-0.3, -0.25) is 0 Å². The smallest absolute Gasteiger partial charge is 0.268 e. The Balaban J connectivity index is 2.34. The summed E-state index contributed by atoms with van der Waals surface area (Å²) in [5.74, 6) is 0. The third-order valence-electron chi connectivity index (χ3n) is 1.89. The number of hydrogen-bond acceptors (Lipinski definition) is 4. The normalized spacial score (nSPS) is 15.4. The number of benzene rings is 1.